The average Bonchev–Trinajstić information content (AvgIpc) is 2.03. The maximum Gasteiger partial charge on any atom is 0.139 e. The Bertz CT molecular complexity index is 286. The van der Waals surface area contributed by atoms with Crippen LogP contribution in [0.15, 0.2) is 30.8 Å². The fraction of sp³-hybridized carbons (Fsp3) is 0.273. The highest BCUT2D eigenvalue weighted by molar-refractivity contribution is 5.64. The SMILES string of the molecule is C=Cc1ccccc1[N+](C)(C)C.[Br-]. The van der Waals surface area contributed by atoms with Gasteiger partial charge in [0.25, 0.3) is 0 Å². The topological polar surface area (TPSA) is 0 Å². The molecule has 1 aromatic carbocycles. The van der Waals surface area contributed by atoms with Crippen LogP contribution in [0.4, 0.5) is 5.69 Å². The van der Waals surface area contributed by atoms with Crippen molar-refractivity contribution >= 4 is 11.8 Å². The molecule has 0 aliphatic carbocycles. The number of benzene rings is 1. The number of nitrogens with zero attached hydrogens (tertiary/aromatic N) is 1. The summed E-state index contributed by atoms with van der Waals surface area (Å²) in [6, 6.07) is 8.32. The molecule has 0 bridgehead atoms. The molecule has 0 amide bonds. The molecule has 0 unspecified atom stereocenters. The van der Waals surface area contributed by atoms with E-state index in [4.69, 9.17) is 0 Å². The van der Waals surface area contributed by atoms with Crippen molar-refractivity contribution in [1.29, 1.82) is 0 Å². The Morgan fingerprint density at radius 2 is 1.69 bits per heavy atom. The van der Waals surface area contributed by atoms with Gasteiger partial charge < -0.3 is 17.0 Å². The molecule has 0 N–H and O–H groups in total. The van der Waals surface area contributed by atoms with Gasteiger partial charge in [0.2, 0.25) is 0 Å². The van der Waals surface area contributed by atoms with Gasteiger partial charge in [-0.15, -0.1) is 0 Å². The molecule has 1 nitrogen and oxygen atoms in total. The lowest BCUT2D eigenvalue weighted by atomic mass is 10.1. The molecule has 2 heteroatoms. The fourth-order valence-electron chi connectivity index (χ4n) is 1.27. The van der Waals surface area contributed by atoms with Gasteiger partial charge in [-0.05, 0) is 12.1 Å². The summed E-state index contributed by atoms with van der Waals surface area (Å²) in [5.74, 6) is 0. The number of para-hydroxylation sites is 1. The first-order chi connectivity index (χ1) is 5.55. The van der Waals surface area contributed by atoms with Crippen LogP contribution in [0, 0.1) is 0 Å². The van der Waals surface area contributed by atoms with Crippen molar-refractivity contribution in [2.45, 2.75) is 0 Å². The van der Waals surface area contributed by atoms with Gasteiger partial charge in [0.1, 0.15) is 5.69 Å². The van der Waals surface area contributed by atoms with Crippen LogP contribution < -0.4 is 21.5 Å². The highest BCUT2D eigenvalue weighted by atomic mass is 79.9. The summed E-state index contributed by atoms with van der Waals surface area (Å²) in [4.78, 5) is 0. The normalized spacial score (nSPS) is 10.4. The maximum absolute atomic E-state index is 3.80. The molecule has 13 heavy (non-hydrogen) atoms. The van der Waals surface area contributed by atoms with Crippen molar-refractivity contribution in [3.8, 4) is 0 Å². The predicted molar refractivity (Wildman–Crippen MR) is 56.1 cm³/mol. The lowest BCUT2D eigenvalue weighted by molar-refractivity contribution is -0.00000273. The Labute approximate surface area is 91.0 Å². The third-order valence-corrected chi connectivity index (χ3v) is 1.88. The van der Waals surface area contributed by atoms with Gasteiger partial charge in [0.05, 0.1) is 21.1 Å². The van der Waals surface area contributed by atoms with E-state index >= 15 is 0 Å². The van der Waals surface area contributed by atoms with E-state index in [9.17, 15) is 0 Å². The van der Waals surface area contributed by atoms with Crippen LogP contribution in [0.2, 0.25) is 0 Å². The van der Waals surface area contributed by atoms with Gasteiger partial charge in [0.15, 0.2) is 0 Å². The van der Waals surface area contributed by atoms with E-state index in [1.165, 1.54) is 11.3 Å². The maximum atomic E-state index is 3.80. The molecule has 1 rings (SSSR count). The van der Waals surface area contributed by atoms with Gasteiger partial charge >= 0.3 is 0 Å². The minimum Gasteiger partial charge on any atom is -1.00 e. The first-order valence-corrected chi connectivity index (χ1v) is 4.09. The van der Waals surface area contributed by atoms with Crippen molar-refractivity contribution in [3.63, 3.8) is 0 Å². The van der Waals surface area contributed by atoms with Gasteiger partial charge in [-0.3, -0.25) is 4.48 Å². The molecule has 0 heterocycles. The highest BCUT2D eigenvalue weighted by Crippen LogP contribution is 2.22. The summed E-state index contributed by atoms with van der Waals surface area (Å²) in [6.07, 6.45) is 1.90. The molecule has 0 saturated heterocycles. The second kappa shape index (κ2) is 4.58. The van der Waals surface area contributed by atoms with E-state index < -0.39 is 0 Å². The molecule has 0 saturated carbocycles. The monoisotopic (exact) mass is 241 g/mol. The van der Waals surface area contributed by atoms with E-state index in [1.54, 1.807) is 0 Å². The second-order valence-electron chi connectivity index (χ2n) is 3.78. The minimum atomic E-state index is 0. The number of hydrogen-bond acceptors (Lipinski definition) is 0. The summed E-state index contributed by atoms with van der Waals surface area (Å²) in [7, 11) is 6.47. The van der Waals surface area contributed by atoms with Gasteiger partial charge in [0, 0.05) is 5.56 Å². The number of quaternary nitrogens is 1. The Morgan fingerprint density at radius 1 is 1.15 bits per heavy atom. The quantitative estimate of drug-likeness (QED) is 0.615. The number of hydrogen-bond donors (Lipinski definition) is 0. The summed E-state index contributed by atoms with van der Waals surface area (Å²) < 4.78 is 0.836. The first-order valence-electron chi connectivity index (χ1n) is 4.09. The van der Waals surface area contributed by atoms with Crippen molar-refractivity contribution in [1.82, 2.24) is 4.48 Å². The fourth-order valence-corrected chi connectivity index (χ4v) is 1.27. The molecule has 0 atom stereocenters. The van der Waals surface area contributed by atoms with E-state index in [-0.39, 0.29) is 17.0 Å². The molecule has 0 aliphatic rings. The van der Waals surface area contributed by atoms with Gasteiger partial charge in [-0.1, -0.05) is 24.8 Å². The molecular weight excluding hydrogens is 226 g/mol. The predicted octanol–water partition coefficient (Wildman–Crippen LogP) is -0.470. The van der Waals surface area contributed by atoms with Crippen LogP contribution in [0.3, 0.4) is 0 Å². The zero-order valence-corrected chi connectivity index (χ0v) is 10.0. The number of rotatable bonds is 2. The third kappa shape index (κ3) is 2.98. The van der Waals surface area contributed by atoms with E-state index in [1.807, 2.05) is 12.1 Å². The highest BCUT2D eigenvalue weighted by Gasteiger charge is 2.14. The largest absolute Gasteiger partial charge is 1.00 e. The minimum absolute atomic E-state index is 0. The molecule has 0 radical (unpaired) electrons. The second-order valence-corrected chi connectivity index (χ2v) is 3.78. The first kappa shape index (κ1) is 12.4. The molecule has 0 aliphatic heterocycles. The summed E-state index contributed by atoms with van der Waals surface area (Å²) in [5, 5.41) is 0. The molecule has 0 spiro atoms. The number of halogens is 1. The zero-order valence-electron chi connectivity index (χ0n) is 8.42. The van der Waals surface area contributed by atoms with Crippen molar-refractivity contribution in [2.24, 2.45) is 0 Å². The standard InChI is InChI=1S/C11H16N.BrH/c1-5-10-8-6-7-9-11(10)12(2,3)4;/h5-9H,1H2,2-4H3;1H/q+1;/p-1. The van der Waals surface area contributed by atoms with E-state index in [2.05, 4.69) is 45.9 Å². The van der Waals surface area contributed by atoms with Crippen LogP contribution in [-0.2, 0) is 0 Å². The molecule has 1 aromatic rings. The van der Waals surface area contributed by atoms with Crippen molar-refractivity contribution < 1.29 is 17.0 Å². The van der Waals surface area contributed by atoms with Crippen LogP contribution >= 0.6 is 0 Å². The smallest absolute Gasteiger partial charge is 0.139 e. The van der Waals surface area contributed by atoms with Gasteiger partial charge in [-0.2, -0.15) is 0 Å². The summed E-state index contributed by atoms with van der Waals surface area (Å²) >= 11 is 0. The lowest BCUT2D eigenvalue weighted by Gasteiger charge is -2.24. The molecule has 72 valence electrons. The summed E-state index contributed by atoms with van der Waals surface area (Å²) in [6.45, 7) is 3.80. The zero-order chi connectivity index (χ0) is 9.19. The van der Waals surface area contributed by atoms with Crippen LogP contribution in [0.1, 0.15) is 5.56 Å². The van der Waals surface area contributed by atoms with E-state index in [0.29, 0.717) is 0 Å². The molecule has 0 fully saturated rings. The average molecular weight is 242 g/mol. The van der Waals surface area contributed by atoms with Crippen molar-refractivity contribution in [2.75, 3.05) is 21.1 Å². The summed E-state index contributed by atoms with van der Waals surface area (Å²) in [5.41, 5.74) is 2.51. The lowest BCUT2D eigenvalue weighted by Crippen LogP contribution is -3.00. The van der Waals surface area contributed by atoms with Crippen LogP contribution in [0.5, 0.6) is 0 Å². The van der Waals surface area contributed by atoms with E-state index in [0.717, 1.165) is 4.48 Å². The van der Waals surface area contributed by atoms with Crippen molar-refractivity contribution in [3.05, 3.63) is 36.4 Å². The molecule has 0 aromatic heterocycles. The van der Waals surface area contributed by atoms with Crippen LogP contribution in [0.25, 0.3) is 6.08 Å². The Morgan fingerprint density at radius 3 is 2.08 bits per heavy atom. The Balaban J connectivity index is 0.00000144. The van der Waals surface area contributed by atoms with Gasteiger partial charge in [-0.25, -0.2) is 0 Å². The van der Waals surface area contributed by atoms with Crippen LogP contribution in [-0.4, -0.2) is 21.1 Å². The molecular formula is C11H16BrN. The Hall–Kier alpha value is -0.600. The third-order valence-electron chi connectivity index (χ3n) is 1.88. The Kier molecular flexibility index (Phi) is 4.37.